The molecule has 1 unspecified atom stereocenters. The number of anilines is 1. The highest BCUT2D eigenvalue weighted by Gasteiger charge is 2.25. The second-order valence-corrected chi connectivity index (χ2v) is 7.81. The molecule has 1 aromatic carbocycles. The van der Waals surface area contributed by atoms with Crippen LogP contribution in [-0.4, -0.2) is 39.0 Å². The van der Waals surface area contributed by atoms with Crippen LogP contribution in [0.5, 0.6) is 0 Å². The van der Waals surface area contributed by atoms with E-state index in [1.54, 1.807) is 0 Å². The number of halogens is 2. The van der Waals surface area contributed by atoms with Gasteiger partial charge in [0.15, 0.2) is 0 Å². The first kappa shape index (κ1) is 16.8. The van der Waals surface area contributed by atoms with Gasteiger partial charge in [0.25, 0.3) is 0 Å². The van der Waals surface area contributed by atoms with Gasteiger partial charge < -0.3 is 10.6 Å². The summed E-state index contributed by atoms with van der Waals surface area (Å²) in [7, 11) is -3.78. The van der Waals surface area contributed by atoms with Gasteiger partial charge >= 0.3 is 0 Å². The van der Waals surface area contributed by atoms with Gasteiger partial charge in [-0.15, -0.1) is 0 Å². The molecule has 3 N–H and O–H groups in total. The standard InChI is InChI=1S/C13H19Cl2N3O2S/c1-9(8-18-4-2-3-5-18)17-21(19,20)13-11(14)6-10(16)7-12(13)15/h6-7,9,17H,2-5,8,16H2,1H3. The molecular formula is C13H19Cl2N3O2S. The third-order valence-corrected chi connectivity index (χ3v) is 5.89. The van der Waals surface area contributed by atoms with Crippen LogP contribution in [-0.2, 0) is 10.0 Å². The van der Waals surface area contributed by atoms with Gasteiger partial charge in [0, 0.05) is 18.3 Å². The predicted molar refractivity (Wildman–Crippen MR) is 86.3 cm³/mol. The third-order valence-electron chi connectivity index (χ3n) is 3.38. The number of likely N-dealkylation sites (tertiary alicyclic amines) is 1. The number of nitrogens with two attached hydrogens (primary N) is 1. The number of nitrogens with zero attached hydrogens (tertiary/aromatic N) is 1. The zero-order chi connectivity index (χ0) is 15.6. The first-order chi connectivity index (χ1) is 9.79. The monoisotopic (exact) mass is 351 g/mol. The van der Waals surface area contributed by atoms with Gasteiger partial charge in [-0.1, -0.05) is 23.2 Å². The van der Waals surface area contributed by atoms with E-state index in [9.17, 15) is 8.42 Å². The van der Waals surface area contributed by atoms with Crippen LogP contribution >= 0.6 is 23.2 Å². The Bertz CT molecular complexity index is 593. The van der Waals surface area contributed by atoms with Crippen molar-refractivity contribution >= 4 is 38.9 Å². The van der Waals surface area contributed by atoms with Crippen molar-refractivity contribution in [3.05, 3.63) is 22.2 Å². The van der Waals surface area contributed by atoms with E-state index in [-0.39, 0.29) is 21.0 Å². The highest BCUT2D eigenvalue weighted by Crippen LogP contribution is 2.31. The fraction of sp³-hybridized carbons (Fsp3) is 0.538. The lowest BCUT2D eigenvalue weighted by molar-refractivity contribution is 0.313. The Hall–Kier alpha value is -0.530. The van der Waals surface area contributed by atoms with Crippen LogP contribution in [0.2, 0.25) is 10.0 Å². The molecule has 1 aromatic rings. The summed E-state index contributed by atoms with van der Waals surface area (Å²) in [5, 5.41) is 0.0572. The van der Waals surface area contributed by atoms with Crippen LogP contribution in [0.3, 0.4) is 0 Å². The normalized spacial score (nSPS) is 18.0. The van der Waals surface area contributed by atoms with E-state index in [1.807, 2.05) is 6.92 Å². The molecule has 0 bridgehead atoms. The van der Waals surface area contributed by atoms with Crippen molar-refractivity contribution < 1.29 is 8.42 Å². The minimum atomic E-state index is -3.78. The van der Waals surface area contributed by atoms with Crippen LogP contribution in [0.1, 0.15) is 19.8 Å². The summed E-state index contributed by atoms with van der Waals surface area (Å²) in [6.07, 6.45) is 2.32. The van der Waals surface area contributed by atoms with E-state index in [2.05, 4.69) is 9.62 Å². The maximum atomic E-state index is 12.4. The molecule has 0 aliphatic carbocycles. The fourth-order valence-corrected chi connectivity index (χ4v) is 5.02. The minimum Gasteiger partial charge on any atom is -0.399 e. The molecule has 0 amide bonds. The summed E-state index contributed by atoms with van der Waals surface area (Å²) >= 11 is 12.0. The maximum Gasteiger partial charge on any atom is 0.243 e. The van der Waals surface area contributed by atoms with Crippen LogP contribution < -0.4 is 10.5 Å². The average molecular weight is 352 g/mol. The van der Waals surface area contributed by atoms with Gasteiger partial charge in [-0.25, -0.2) is 13.1 Å². The fourth-order valence-electron chi connectivity index (χ4n) is 2.55. The van der Waals surface area contributed by atoms with Crippen molar-refractivity contribution in [1.29, 1.82) is 0 Å². The van der Waals surface area contributed by atoms with Crippen molar-refractivity contribution in [2.45, 2.75) is 30.7 Å². The van der Waals surface area contributed by atoms with Gasteiger partial charge in [-0.3, -0.25) is 0 Å². The Kier molecular flexibility index (Phi) is 5.38. The lowest BCUT2D eigenvalue weighted by Gasteiger charge is -2.21. The SMILES string of the molecule is CC(CN1CCCC1)NS(=O)(=O)c1c(Cl)cc(N)cc1Cl. The van der Waals surface area contributed by atoms with E-state index in [4.69, 9.17) is 28.9 Å². The smallest absolute Gasteiger partial charge is 0.243 e. The van der Waals surface area contributed by atoms with Crippen LogP contribution in [0, 0.1) is 0 Å². The molecule has 0 spiro atoms. The third kappa shape index (κ3) is 4.23. The molecule has 0 aromatic heterocycles. The summed E-state index contributed by atoms with van der Waals surface area (Å²) in [5.41, 5.74) is 5.92. The van der Waals surface area contributed by atoms with Crippen LogP contribution in [0.25, 0.3) is 0 Å². The van der Waals surface area contributed by atoms with Crippen molar-refractivity contribution in [3.8, 4) is 0 Å². The van der Waals surface area contributed by atoms with Gasteiger partial charge in [-0.05, 0) is 45.0 Å². The molecule has 1 saturated heterocycles. The molecule has 2 rings (SSSR count). The number of rotatable bonds is 5. The Morgan fingerprint density at radius 2 is 1.81 bits per heavy atom. The molecule has 0 radical (unpaired) electrons. The lowest BCUT2D eigenvalue weighted by Crippen LogP contribution is -2.41. The van der Waals surface area contributed by atoms with Crippen LogP contribution in [0.15, 0.2) is 17.0 Å². The van der Waals surface area contributed by atoms with E-state index in [0.717, 1.165) is 25.9 Å². The molecule has 1 aliphatic rings. The number of hydrogen-bond acceptors (Lipinski definition) is 4. The number of nitrogen functional groups attached to an aromatic ring is 1. The number of hydrogen-bond donors (Lipinski definition) is 2. The number of nitrogens with one attached hydrogen (secondary N) is 1. The summed E-state index contributed by atoms with van der Waals surface area (Å²) < 4.78 is 27.5. The Labute approximate surface area is 135 Å². The highest BCUT2D eigenvalue weighted by atomic mass is 35.5. The van der Waals surface area contributed by atoms with E-state index in [1.165, 1.54) is 12.1 Å². The van der Waals surface area contributed by atoms with E-state index >= 15 is 0 Å². The summed E-state index contributed by atoms with van der Waals surface area (Å²) in [6, 6.07) is 2.54. The minimum absolute atomic E-state index is 0.0286. The molecule has 5 nitrogen and oxygen atoms in total. The van der Waals surface area contributed by atoms with Gasteiger partial charge in [-0.2, -0.15) is 0 Å². The van der Waals surface area contributed by atoms with Gasteiger partial charge in [0.05, 0.1) is 10.0 Å². The largest absolute Gasteiger partial charge is 0.399 e. The Morgan fingerprint density at radius 3 is 2.33 bits per heavy atom. The van der Waals surface area contributed by atoms with E-state index in [0.29, 0.717) is 12.2 Å². The van der Waals surface area contributed by atoms with Crippen molar-refractivity contribution in [1.82, 2.24) is 9.62 Å². The Balaban J connectivity index is 2.14. The van der Waals surface area contributed by atoms with Gasteiger partial charge in [0.1, 0.15) is 4.90 Å². The topological polar surface area (TPSA) is 75.4 Å². The summed E-state index contributed by atoms with van der Waals surface area (Å²) in [4.78, 5) is 2.12. The van der Waals surface area contributed by atoms with Crippen molar-refractivity contribution in [3.63, 3.8) is 0 Å². The molecule has 8 heteroatoms. The molecule has 0 saturated carbocycles. The molecular weight excluding hydrogens is 333 g/mol. The second-order valence-electron chi connectivity index (χ2n) is 5.34. The molecule has 1 atom stereocenters. The molecule has 118 valence electrons. The van der Waals surface area contributed by atoms with E-state index < -0.39 is 10.0 Å². The van der Waals surface area contributed by atoms with Crippen molar-refractivity contribution in [2.75, 3.05) is 25.4 Å². The second kappa shape index (κ2) is 6.71. The summed E-state index contributed by atoms with van der Waals surface area (Å²) in [5.74, 6) is 0. The number of sulfonamides is 1. The molecule has 1 heterocycles. The quantitative estimate of drug-likeness (QED) is 0.798. The zero-order valence-corrected chi connectivity index (χ0v) is 14.1. The average Bonchev–Trinajstić information content (AvgIpc) is 2.78. The van der Waals surface area contributed by atoms with Crippen molar-refractivity contribution in [2.24, 2.45) is 0 Å². The first-order valence-electron chi connectivity index (χ1n) is 6.79. The Morgan fingerprint density at radius 1 is 1.29 bits per heavy atom. The number of benzene rings is 1. The predicted octanol–water partition coefficient (Wildman–Crippen LogP) is 2.34. The van der Waals surface area contributed by atoms with Gasteiger partial charge in [0.2, 0.25) is 10.0 Å². The van der Waals surface area contributed by atoms with Crippen LogP contribution in [0.4, 0.5) is 5.69 Å². The lowest BCUT2D eigenvalue weighted by atomic mass is 10.3. The molecule has 21 heavy (non-hydrogen) atoms. The highest BCUT2D eigenvalue weighted by molar-refractivity contribution is 7.89. The molecule has 1 fully saturated rings. The summed E-state index contributed by atoms with van der Waals surface area (Å²) in [6.45, 7) is 4.52. The molecule has 1 aliphatic heterocycles. The maximum absolute atomic E-state index is 12.4. The first-order valence-corrected chi connectivity index (χ1v) is 9.02. The zero-order valence-electron chi connectivity index (χ0n) is 11.8.